The SMILES string of the molecule is C=CC(=O)OC(C)CNC(=O)CCOc1ccc(C(=O)c2ccccc2)cc1. The Morgan fingerprint density at radius 3 is 2.32 bits per heavy atom. The standard InChI is InChI=1S/C22H23NO5/c1-3-21(25)28-16(2)15-23-20(24)13-14-27-19-11-9-18(10-12-19)22(26)17-7-5-4-6-8-17/h3-12,16H,1,13-15H2,2H3,(H,23,24). The molecule has 0 heterocycles. The van der Waals surface area contributed by atoms with Gasteiger partial charge in [0, 0.05) is 17.2 Å². The number of ether oxygens (including phenoxy) is 2. The molecule has 0 aliphatic rings. The second-order valence-corrected chi connectivity index (χ2v) is 6.07. The molecule has 0 saturated heterocycles. The van der Waals surface area contributed by atoms with Crippen molar-refractivity contribution in [3.8, 4) is 5.75 Å². The van der Waals surface area contributed by atoms with E-state index in [0.717, 1.165) is 6.08 Å². The number of carbonyl (C=O) groups is 3. The molecule has 2 rings (SSSR count). The zero-order valence-corrected chi connectivity index (χ0v) is 15.7. The maximum absolute atomic E-state index is 12.3. The van der Waals surface area contributed by atoms with Crippen molar-refractivity contribution in [2.24, 2.45) is 0 Å². The van der Waals surface area contributed by atoms with Crippen LogP contribution in [0.1, 0.15) is 29.3 Å². The maximum Gasteiger partial charge on any atom is 0.330 e. The molecule has 6 heteroatoms. The predicted octanol–water partition coefficient (Wildman–Crippen LogP) is 2.92. The first-order chi connectivity index (χ1) is 13.5. The van der Waals surface area contributed by atoms with Crippen molar-refractivity contribution in [2.75, 3.05) is 13.2 Å². The molecule has 6 nitrogen and oxygen atoms in total. The van der Waals surface area contributed by atoms with Crippen molar-refractivity contribution in [1.82, 2.24) is 5.32 Å². The number of amides is 1. The van der Waals surface area contributed by atoms with E-state index in [0.29, 0.717) is 16.9 Å². The summed E-state index contributed by atoms with van der Waals surface area (Å²) in [5.74, 6) is -0.222. The molecular formula is C22H23NO5. The van der Waals surface area contributed by atoms with Gasteiger partial charge in [-0.3, -0.25) is 9.59 Å². The van der Waals surface area contributed by atoms with Crippen LogP contribution in [0.25, 0.3) is 0 Å². The topological polar surface area (TPSA) is 81.7 Å². The van der Waals surface area contributed by atoms with Crippen LogP contribution in [-0.4, -0.2) is 36.9 Å². The number of hydrogen-bond acceptors (Lipinski definition) is 5. The van der Waals surface area contributed by atoms with E-state index in [9.17, 15) is 14.4 Å². The monoisotopic (exact) mass is 381 g/mol. The summed E-state index contributed by atoms with van der Waals surface area (Å²) in [6.45, 7) is 5.40. The second-order valence-electron chi connectivity index (χ2n) is 6.07. The van der Waals surface area contributed by atoms with Gasteiger partial charge in [0.05, 0.1) is 19.6 Å². The number of benzene rings is 2. The lowest BCUT2D eigenvalue weighted by Gasteiger charge is -2.13. The largest absolute Gasteiger partial charge is 0.493 e. The Morgan fingerprint density at radius 2 is 1.68 bits per heavy atom. The van der Waals surface area contributed by atoms with E-state index in [1.807, 2.05) is 18.2 Å². The second kappa shape index (κ2) is 10.7. The van der Waals surface area contributed by atoms with E-state index in [4.69, 9.17) is 9.47 Å². The highest BCUT2D eigenvalue weighted by atomic mass is 16.5. The average molecular weight is 381 g/mol. The van der Waals surface area contributed by atoms with E-state index >= 15 is 0 Å². The molecule has 0 aliphatic heterocycles. The minimum Gasteiger partial charge on any atom is -0.493 e. The third-order valence-corrected chi connectivity index (χ3v) is 3.82. The van der Waals surface area contributed by atoms with Crippen LogP contribution >= 0.6 is 0 Å². The van der Waals surface area contributed by atoms with Crippen LogP contribution < -0.4 is 10.1 Å². The van der Waals surface area contributed by atoms with Gasteiger partial charge >= 0.3 is 5.97 Å². The van der Waals surface area contributed by atoms with Crippen LogP contribution in [0.15, 0.2) is 67.3 Å². The molecule has 1 atom stereocenters. The third kappa shape index (κ3) is 6.72. The van der Waals surface area contributed by atoms with Crippen molar-refractivity contribution >= 4 is 17.7 Å². The lowest BCUT2D eigenvalue weighted by atomic mass is 10.0. The number of ketones is 1. The van der Waals surface area contributed by atoms with Crippen molar-refractivity contribution in [3.63, 3.8) is 0 Å². The number of hydrogen-bond donors (Lipinski definition) is 1. The van der Waals surface area contributed by atoms with Crippen molar-refractivity contribution in [2.45, 2.75) is 19.4 Å². The summed E-state index contributed by atoms with van der Waals surface area (Å²) in [6.07, 6.45) is 0.794. The lowest BCUT2D eigenvalue weighted by Crippen LogP contribution is -2.33. The lowest BCUT2D eigenvalue weighted by molar-refractivity contribution is -0.142. The fraction of sp³-hybridized carbons (Fsp3) is 0.227. The first-order valence-corrected chi connectivity index (χ1v) is 8.92. The molecule has 146 valence electrons. The first-order valence-electron chi connectivity index (χ1n) is 8.92. The van der Waals surface area contributed by atoms with Gasteiger partial charge in [0.1, 0.15) is 11.9 Å². The van der Waals surface area contributed by atoms with Crippen LogP contribution in [0, 0.1) is 0 Å². The van der Waals surface area contributed by atoms with Crippen LogP contribution in [0.3, 0.4) is 0 Å². The van der Waals surface area contributed by atoms with Gasteiger partial charge in [0.15, 0.2) is 5.78 Å². The molecule has 2 aromatic rings. The molecular weight excluding hydrogens is 358 g/mol. The van der Waals surface area contributed by atoms with Gasteiger partial charge in [-0.2, -0.15) is 0 Å². The summed E-state index contributed by atoms with van der Waals surface area (Å²) in [5, 5.41) is 2.67. The highest BCUT2D eigenvalue weighted by Gasteiger charge is 2.10. The average Bonchev–Trinajstić information content (AvgIpc) is 2.72. The summed E-state index contributed by atoms with van der Waals surface area (Å²) in [6, 6.07) is 15.8. The van der Waals surface area contributed by atoms with E-state index in [-0.39, 0.29) is 31.3 Å². The summed E-state index contributed by atoms with van der Waals surface area (Å²) in [4.78, 5) is 35.2. The molecule has 1 amide bonds. The molecule has 0 fully saturated rings. The maximum atomic E-state index is 12.3. The Balaban J connectivity index is 1.73. The number of nitrogens with one attached hydrogen (secondary N) is 1. The number of carbonyl (C=O) groups excluding carboxylic acids is 3. The molecule has 1 N–H and O–H groups in total. The summed E-state index contributed by atoms with van der Waals surface area (Å²) in [5.41, 5.74) is 1.19. The molecule has 0 saturated carbocycles. The fourth-order valence-corrected chi connectivity index (χ4v) is 2.35. The minimum atomic E-state index is -0.528. The molecule has 0 aromatic heterocycles. The van der Waals surface area contributed by atoms with E-state index in [1.54, 1.807) is 43.3 Å². The normalized spacial score (nSPS) is 11.2. The summed E-state index contributed by atoms with van der Waals surface area (Å²) >= 11 is 0. The highest BCUT2D eigenvalue weighted by molar-refractivity contribution is 6.08. The zero-order valence-electron chi connectivity index (χ0n) is 15.7. The van der Waals surface area contributed by atoms with Gasteiger partial charge in [0.25, 0.3) is 0 Å². The van der Waals surface area contributed by atoms with Crippen molar-refractivity contribution < 1.29 is 23.9 Å². The van der Waals surface area contributed by atoms with Gasteiger partial charge < -0.3 is 14.8 Å². The van der Waals surface area contributed by atoms with Crippen LogP contribution in [0.4, 0.5) is 0 Å². The molecule has 1 unspecified atom stereocenters. The highest BCUT2D eigenvalue weighted by Crippen LogP contribution is 2.15. The smallest absolute Gasteiger partial charge is 0.330 e. The fourth-order valence-electron chi connectivity index (χ4n) is 2.35. The van der Waals surface area contributed by atoms with Gasteiger partial charge in [0.2, 0.25) is 5.91 Å². The molecule has 0 bridgehead atoms. The van der Waals surface area contributed by atoms with Crippen molar-refractivity contribution in [1.29, 1.82) is 0 Å². The third-order valence-electron chi connectivity index (χ3n) is 3.82. The van der Waals surface area contributed by atoms with E-state index in [1.165, 1.54) is 0 Å². The number of rotatable bonds is 10. The van der Waals surface area contributed by atoms with E-state index in [2.05, 4.69) is 11.9 Å². The minimum absolute atomic E-state index is 0.0576. The molecule has 2 aromatic carbocycles. The Morgan fingerprint density at radius 1 is 1.04 bits per heavy atom. The number of esters is 1. The van der Waals surface area contributed by atoms with Gasteiger partial charge in [-0.1, -0.05) is 36.9 Å². The zero-order chi connectivity index (χ0) is 20.4. The van der Waals surface area contributed by atoms with Crippen molar-refractivity contribution in [3.05, 3.63) is 78.4 Å². The summed E-state index contributed by atoms with van der Waals surface area (Å²) in [7, 11) is 0. The Labute approximate surface area is 164 Å². The van der Waals surface area contributed by atoms with Gasteiger partial charge in [-0.25, -0.2) is 4.79 Å². The first kappa shape index (κ1) is 20.9. The van der Waals surface area contributed by atoms with Crippen LogP contribution in [-0.2, 0) is 14.3 Å². The van der Waals surface area contributed by atoms with Gasteiger partial charge in [-0.15, -0.1) is 0 Å². The van der Waals surface area contributed by atoms with Crippen LogP contribution in [0.2, 0.25) is 0 Å². The molecule has 28 heavy (non-hydrogen) atoms. The van der Waals surface area contributed by atoms with Gasteiger partial charge in [-0.05, 0) is 31.2 Å². The predicted molar refractivity (Wildman–Crippen MR) is 105 cm³/mol. The summed E-state index contributed by atoms with van der Waals surface area (Å²) < 4.78 is 10.5. The quantitative estimate of drug-likeness (QED) is 0.389. The molecule has 0 radical (unpaired) electrons. The van der Waals surface area contributed by atoms with E-state index < -0.39 is 12.1 Å². The Hall–Kier alpha value is -3.41. The molecule has 0 spiro atoms. The Kier molecular flexibility index (Phi) is 7.96. The molecule has 0 aliphatic carbocycles. The van der Waals surface area contributed by atoms with Crippen LogP contribution in [0.5, 0.6) is 5.75 Å². The Bertz CT molecular complexity index is 815.